The molecular weight excluding hydrogens is 354 g/mol. The number of fused-ring (bicyclic) bond motifs is 3. The number of carbonyl (C=O) groups is 1. The highest BCUT2D eigenvalue weighted by Crippen LogP contribution is 2.29. The van der Waals surface area contributed by atoms with Crippen LogP contribution in [0.1, 0.15) is 10.6 Å². The Kier molecular flexibility index (Phi) is 4.25. The zero-order valence-corrected chi connectivity index (χ0v) is 14.7. The molecule has 1 amide bonds. The van der Waals surface area contributed by atoms with Gasteiger partial charge in [0.05, 0.1) is 0 Å². The number of nitrogens with zero attached hydrogens (tertiary/aromatic N) is 2. The van der Waals surface area contributed by atoms with E-state index in [4.69, 9.17) is 4.42 Å². The van der Waals surface area contributed by atoms with Crippen LogP contribution in [-0.2, 0) is 0 Å². The second-order valence-electron chi connectivity index (χ2n) is 5.24. The number of benzene rings is 2. The van der Waals surface area contributed by atoms with Gasteiger partial charge in [0.25, 0.3) is 5.91 Å². The lowest BCUT2D eigenvalue weighted by Crippen LogP contribution is -2.10. The second kappa shape index (κ2) is 6.70. The molecule has 0 spiro atoms. The highest BCUT2D eigenvalue weighted by Gasteiger charge is 2.16. The normalized spacial score (nSPS) is 11.0. The summed E-state index contributed by atoms with van der Waals surface area (Å²) in [5, 5.41) is 14.3. The van der Waals surface area contributed by atoms with E-state index in [9.17, 15) is 4.79 Å². The summed E-state index contributed by atoms with van der Waals surface area (Å²) in [6.45, 7) is 3.67. The summed E-state index contributed by atoms with van der Waals surface area (Å²) < 4.78 is 6.49. The predicted molar refractivity (Wildman–Crippen MR) is 103 cm³/mol. The molecule has 124 valence electrons. The van der Waals surface area contributed by atoms with Gasteiger partial charge in [-0.25, -0.2) is 0 Å². The number of nitrogens with one attached hydrogen (secondary N) is 1. The van der Waals surface area contributed by atoms with Crippen molar-refractivity contribution >= 4 is 55.9 Å². The molecule has 1 N–H and O–H groups in total. The van der Waals surface area contributed by atoms with E-state index in [0.717, 1.165) is 26.3 Å². The van der Waals surface area contributed by atoms with Crippen molar-refractivity contribution in [2.24, 2.45) is 0 Å². The molecule has 2 aromatic heterocycles. The van der Waals surface area contributed by atoms with Crippen molar-refractivity contribution in [2.75, 3.05) is 11.1 Å². The molecule has 0 unspecified atom stereocenters. The Labute approximate surface area is 151 Å². The average Bonchev–Trinajstić information content (AvgIpc) is 3.26. The molecule has 0 saturated heterocycles. The lowest BCUT2D eigenvalue weighted by atomic mass is 10.1. The first-order valence-electron chi connectivity index (χ1n) is 7.54. The zero-order chi connectivity index (χ0) is 17.2. The van der Waals surface area contributed by atoms with Crippen molar-refractivity contribution in [1.29, 1.82) is 0 Å². The molecule has 0 aliphatic carbocycles. The Hall–Kier alpha value is -2.64. The van der Waals surface area contributed by atoms with E-state index in [1.807, 2.05) is 36.4 Å². The van der Waals surface area contributed by atoms with Crippen LogP contribution >= 0.6 is 23.1 Å². The molecule has 0 saturated carbocycles. The Balaban J connectivity index is 1.60. The SMILES string of the molecule is C=CCSc1nnc(NC(=O)c2cc3c(ccc4ccccc43)o2)s1. The van der Waals surface area contributed by atoms with E-state index in [-0.39, 0.29) is 11.7 Å². The Morgan fingerprint density at radius 3 is 3.00 bits per heavy atom. The third kappa shape index (κ3) is 3.16. The van der Waals surface area contributed by atoms with E-state index < -0.39 is 0 Å². The van der Waals surface area contributed by atoms with Gasteiger partial charge in [0, 0.05) is 11.1 Å². The Morgan fingerprint density at radius 2 is 2.12 bits per heavy atom. The molecular formula is C18H13N3O2S2. The van der Waals surface area contributed by atoms with Gasteiger partial charge in [0.1, 0.15) is 5.58 Å². The van der Waals surface area contributed by atoms with Crippen molar-refractivity contribution in [3.63, 3.8) is 0 Å². The van der Waals surface area contributed by atoms with Gasteiger partial charge in [-0.2, -0.15) is 0 Å². The highest BCUT2D eigenvalue weighted by atomic mass is 32.2. The van der Waals surface area contributed by atoms with Gasteiger partial charge in [-0.3, -0.25) is 10.1 Å². The van der Waals surface area contributed by atoms with Gasteiger partial charge in [-0.05, 0) is 22.9 Å². The van der Waals surface area contributed by atoms with Crippen LogP contribution in [-0.4, -0.2) is 21.9 Å². The summed E-state index contributed by atoms with van der Waals surface area (Å²) in [7, 11) is 0. The van der Waals surface area contributed by atoms with E-state index in [0.29, 0.717) is 10.7 Å². The quantitative estimate of drug-likeness (QED) is 0.306. The van der Waals surface area contributed by atoms with Crippen molar-refractivity contribution in [3.05, 3.63) is 60.9 Å². The molecule has 0 atom stereocenters. The van der Waals surface area contributed by atoms with E-state index in [1.165, 1.54) is 23.1 Å². The fourth-order valence-corrected chi connectivity index (χ4v) is 4.02. The number of hydrogen-bond donors (Lipinski definition) is 1. The largest absolute Gasteiger partial charge is 0.451 e. The summed E-state index contributed by atoms with van der Waals surface area (Å²) >= 11 is 2.85. The van der Waals surface area contributed by atoms with Crippen LogP contribution < -0.4 is 5.32 Å². The minimum atomic E-state index is -0.336. The molecule has 2 heterocycles. The van der Waals surface area contributed by atoms with E-state index in [1.54, 1.807) is 12.1 Å². The van der Waals surface area contributed by atoms with Crippen LogP contribution in [0.4, 0.5) is 5.13 Å². The molecule has 0 aliphatic heterocycles. The van der Waals surface area contributed by atoms with Crippen LogP contribution in [0.25, 0.3) is 21.7 Å². The third-order valence-electron chi connectivity index (χ3n) is 3.60. The zero-order valence-electron chi connectivity index (χ0n) is 13.1. The number of carbonyl (C=O) groups excluding carboxylic acids is 1. The Morgan fingerprint density at radius 1 is 1.24 bits per heavy atom. The van der Waals surface area contributed by atoms with Gasteiger partial charge >= 0.3 is 0 Å². The molecule has 2 aromatic carbocycles. The highest BCUT2D eigenvalue weighted by molar-refractivity contribution is 8.01. The number of thioether (sulfide) groups is 1. The number of anilines is 1. The third-order valence-corrected chi connectivity index (χ3v) is 5.57. The molecule has 5 nitrogen and oxygen atoms in total. The molecule has 0 radical (unpaired) electrons. The van der Waals surface area contributed by atoms with Crippen molar-refractivity contribution < 1.29 is 9.21 Å². The molecule has 0 aliphatic rings. The number of furan rings is 1. The second-order valence-corrected chi connectivity index (χ2v) is 7.48. The predicted octanol–water partition coefficient (Wildman–Crippen LogP) is 4.97. The first-order chi connectivity index (χ1) is 12.2. The first-order valence-corrected chi connectivity index (χ1v) is 9.34. The summed E-state index contributed by atoms with van der Waals surface area (Å²) in [5.41, 5.74) is 0.684. The number of aromatic nitrogens is 2. The maximum Gasteiger partial charge on any atom is 0.293 e. The minimum Gasteiger partial charge on any atom is -0.451 e. The van der Waals surface area contributed by atoms with Crippen LogP contribution in [0.3, 0.4) is 0 Å². The van der Waals surface area contributed by atoms with Crippen molar-refractivity contribution in [2.45, 2.75) is 4.34 Å². The summed E-state index contributed by atoms with van der Waals surface area (Å²) in [5.74, 6) is 0.665. The van der Waals surface area contributed by atoms with Gasteiger partial charge < -0.3 is 4.42 Å². The van der Waals surface area contributed by atoms with Crippen molar-refractivity contribution in [1.82, 2.24) is 10.2 Å². The van der Waals surface area contributed by atoms with Crippen LogP contribution in [0.2, 0.25) is 0 Å². The van der Waals surface area contributed by atoms with Gasteiger partial charge in [-0.1, -0.05) is 59.5 Å². The Bertz CT molecular complexity index is 1080. The smallest absolute Gasteiger partial charge is 0.293 e. The lowest BCUT2D eigenvalue weighted by molar-refractivity contribution is 0.0998. The van der Waals surface area contributed by atoms with Gasteiger partial charge in [0.15, 0.2) is 10.1 Å². The maximum atomic E-state index is 12.5. The van der Waals surface area contributed by atoms with E-state index >= 15 is 0 Å². The lowest BCUT2D eigenvalue weighted by Gasteiger charge is -1.96. The molecule has 4 aromatic rings. The molecule has 7 heteroatoms. The summed E-state index contributed by atoms with van der Waals surface area (Å²) in [4.78, 5) is 12.5. The van der Waals surface area contributed by atoms with Crippen LogP contribution in [0.15, 0.2) is 63.9 Å². The van der Waals surface area contributed by atoms with Crippen LogP contribution in [0, 0.1) is 0 Å². The fourth-order valence-electron chi connectivity index (χ4n) is 2.51. The number of rotatable bonds is 5. The fraction of sp³-hybridized carbons (Fsp3) is 0.0556. The average molecular weight is 367 g/mol. The number of amides is 1. The van der Waals surface area contributed by atoms with Gasteiger partial charge in [-0.15, -0.1) is 16.8 Å². The van der Waals surface area contributed by atoms with E-state index in [2.05, 4.69) is 22.1 Å². The van der Waals surface area contributed by atoms with Gasteiger partial charge in [0.2, 0.25) is 5.13 Å². The summed E-state index contributed by atoms with van der Waals surface area (Å²) in [6.07, 6.45) is 1.79. The summed E-state index contributed by atoms with van der Waals surface area (Å²) in [6, 6.07) is 13.6. The topological polar surface area (TPSA) is 68.0 Å². The monoisotopic (exact) mass is 367 g/mol. The van der Waals surface area contributed by atoms with Crippen molar-refractivity contribution in [3.8, 4) is 0 Å². The molecule has 0 fully saturated rings. The molecule has 4 rings (SSSR count). The number of hydrogen-bond acceptors (Lipinski definition) is 6. The molecule has 25 heavy (non-hydrogen) atoms. The first kappa shape index (κ1) is 15.9. The molecule has 0 bridgehead atoms. The minimum absolute atomic E-state index is 0.252. The van der Waals surface area contributed by atoms with Crippen LogP contribution in [0.5, 0.6) is 0 Å². The standard InChI is InChI=1S/C18H13N3O2S2/c1-2-9-24-18-21-20-17(25-18)19-16(22)15-10-13-12-6-4-3-5-11(12)7-8-14(13)23-15/h2-8,10H,1,9H2,(H,19,20,22). The maximum absolute atomic E-state index is 12.5.